The minimum Gasteiger partial charge on any atom is -0.494 e. The third kappa shape index (κ3) is 1.33. The van der Waals surface area contributed by atoms with E-state index in [1.807, 2.05) is 0 Å². The Bertz CT molecular complexity index is 442. The maximum Gasteiger partial charge on any atom is 0.147 e. The zero-order valence-electron chi connectivity index (χ0n) is 7.12. The second kappa shape index (κ2) is 3.01. The van der Waals surface area contributed by atoms with Gasteiger partial charge in [-0.05, 0) is 12.1 Å². The number of fused-ring (bicyclic) bond motifs is 1. The van der Waals surface area contributed by atoms with Crippen LogP contribution in [-0.4, -0.2) is 12.1 Å². The Morgan fingerprint density at radius 3 is 3.00 bits per heavy atom. The Kier molecular flexibility index (Phi) is 1.85. The van der Waals surface area contributed by atoms with Crippen molar-refractivity contribution in [2.45, 2.75) is 0 Å². The number of ether oxygens (including phenoxy) is 1. The SMILES string of the molecule is COc1cc(F)cc2cccnc12. The molecule has 2 aromatic rings. The predicted molar refractivity (Wildman–Crippen MR) is 48.3 cm³/mol. The molecule has 0 saturated carbocycles. The summed E-state index contributed by atoms with van der Waals surface area (Å²) in [5.74, 6) is 0.160. The monoisotopic (exact) mass is 177 g/mol. The van der Waals surface area contributed by atoms with E-state index in [-0.39, 0.29) is 5.82 Å². The van der Waals surface area contributed by atoms with Gasteiger partial charge in [0.05, 0.1) is 7.11 Å². The highest BCUT2D eigenvalue weighted by atomic mass is 19.1. The zero-order valence-corrected chi connectivity index (χ0v) is 7.12. The summed E-state index contributed by atoms with van der Waals surface area (Å²) in [6, 6.07) is 6.33. The first-order valence-electron chi connectivity index (χ1n) is 3.89. The number of rotatable bonds is 1. The molecule has 0 aliphatic rings. The summed E-state index contributed by atoms with van der Waals surface area (Å²) in [7, 11) is 1.50. The molecule has 0 radical (unpaired) electrons. The van der Waals surface area contributed by atoms with Gasteiger partial charge in [-0.25, -0.2) is 4.39 Å². The number of nitrogens with zero attached hydrogens (tertiary/aromatic N) is 1. The van der Waals surface area contributed by atoms with Gasteiger partial charge in [-0.15, -0.1) is 0 Å². The third-order valence-electron chi connectivity index (χ3n) is 1.85. The molecular formula is C10H8FNO. The summed E-state index contributed by atoms with van der Waals surface area (Å²) in [4.78, 5) is 4.10. The van der Waals surface area contributed by atoms with Gasteiger partial charge in [0.15, 0.2) is 0 Å². The van der Waals surface area contributed by atoms with Crippen molar-refractivity contribution in [3.8, 4) is 5.75 Å². The van der Waals surface area contributed by atoms with Crippen LogP contribution in [-0.2, 0) is 0 Å². The van der Waals surface area contributed by atoms with Crippen molar-refractivity contribution in [2.75, 3.05) is 7.11 Å². The first-order chi connectivity index (χ1) is 6.31. The number of methoxy groups -OCH3 is 1. The fourth-order valence-corrected chi connectivity index (χ4v) is 1.28. The van der Waals surface area contributed by atoms with Gasteiger partial charge in [0.1, 0.15) is 17.1 Å². The summed E-state index contributed by atoms with van der Waals surface area (Å²) in [5.41, 5.74) is 0.686. The lowest BCUT2D eigenvalue weighted by atomic mass is 10.2. The van der Waals surface area contributed by atoms with Gasteiger partial charge in [-0.1, -0.05) is 6.07 Å². The smallest absolute Gasteiger partial charge is 0.147 e. The van der Waals surface area contributed by atoms with E-state index in [9.17, 15) is 4.39 Å². The van der Waals surface area contributed by atoms with E-state index in [0.29, 0.717) is 11.3 Å². The third-order valence-corrected chi connectivity index (χ3v) is 1.85. The van der Waals surface area contributed by atoms with Gasteiger partial charge in [0.2, 0.25) is 0 Å². The van der Waals surface area contributed by atoms with Crippen LogP contribution in [0, 0.1) is 5.82 Å². The van der Waals surface area contributed by atoms with E-state index < -0.39 is 0 Å². The minimum atomic E-state index is -0.308. The normalized spacial score (nSPS) is 10.3. The molecule has 0 amide bonds. The van der Waals surface area contributed by atoms with Crippen LogP contribution >= 0.6 is 0 Å². The zero-order chi connectivity index (χ0) is 9.26. The average molecular weight is 177 g/mol. The lowest BCUT2D eigenvalue weighted by Gasteiger charge is -2.03. The second-order valence-corrected chi connectivity index (χ2v) is 2.68. The molecule has 0 unspecified atom stereocenters. The lowest BCUT2D eigenvalue weighted by Crippen LogP contribution is -1.88. The quantitative estimate of drug-likeness (QED) is 0.667. The van der Waals surface area contributed by atoms with Crippen molar-refractivity contribution in [3.05, 3.63) is 36.3 Å². The topological polar surface area (TPSA) is 22.1 Å². The maximum atomic E-state index is 13.0. The van der Waals surface area contributed by atoms with Gasteiger partial charge >= 0.3 is 0 Å². The Labute approximate surface area is 75.0 Å². The summed E-state index contributed by atoms with van der Waals surface area (Å²) < 4.78 is 18.0. The van der Waals surface area contributed by atoms with Crippen LogP contribution < -0.4 is 4.74 Å². The molecular weight excluding hydrogens is 169 g/mol. The van der Waals surface area contributed by atoms with Crippen molar-refractivity contribution >= 4 is 10.9 Å². The lowest BCUT2D eigenvalue weighted by molar-refractivity contribution is 0.415. The van der Waals surface area contributed by atoms with Gasteiger partial charge in [-0.2, -0.15) is 0 Å². The molecule has 0 bridgehead atoms. The molecule has 0 spiro atoms. The molecule has 1 aromatic heterocycles. The van der Waals surface area contributed by atoms with E-state index in [1.165, 1.54) is 19.2 Å². The number of benzene rings is 1. The van der Waals surface area contributed by atoms with Crippen LogP contribution in [0.1, 0.15) is 0 Å². The molecule has 0 N–H and O–H groups in total. The first kappa shape index (κ1) is 7.98. The molecule has 0 aliphatic heterocycles. The molecule has 2 nitrogen and oxygen atoms in total. The first-order valence-corrected chi connectivity index (χ1v) is 3.89. The van der Waals surface area contributed by atoms with Gasteiger partial charge in [-0.3, -0.25) is 4.98 Å². The van der Waals surface area contributed by atoms with Crippen molar-refractivity contribution in [1.29, 1.82) is 0 Å². The Hall–Kier alpha value is -1.64. The van der Waals surface area contributed by atoms with Crippen LogP contribution in [0.4, 0.5) is 4.39 Å². The van der Waals surface area contributed by atoms with Crippen LogP contribution in [0.5, 0.6) is 5.75 Å². The molecule has 13 heavy (non-hydrogen) atoms. The Balaban J connectivity index is 2.81. The van der Waals surface area contributed by atoms with Crippen molar-refractivity contribution in [2.24, 2.45) is 0 Å². The van der Waals surface area contributed by atoms with E-state index >= 15 is 0 Å². The standard InChI is InChI=1S/C10H8FNO/c1-13-9-6-8(11)5-7-3-2-4-12-10(7)9/h2-6H,1H3. The fraction of sp³-hybridized carbons (Fsp3) is 0.100. The van der Waals surface area contributed by atoms with Crippen LogP contribution in [0.2, 0.25) is 0 Å². The molecule has 0 aliphatic carbocycles. The largest absolute Gasteiger partial charge is 0.494 e. The molecule has 1 heterocycles. The highest BCUT2D eigenvalue weighted by molar-refractivity contribution is 5.84. The highest BCUT2D eigenvalue weighted by Gasteiger charge is 2.03. The molecule has 3 heteroatoms. The second-order valence-electron chi connectivity index (χ2n) is 2.68. The summed E-state index contributed by atoms with van der Waals surface area (Å²) in [5, 5.41) is 0.749. The van der Waals surface area contributed by atoms with Gasteiger partial charge in [0, 0.05) is 17.6 Å². The Morgan fingerprint density at radius 2 is 2.23 bits per heavy atom. The van der Waals surface area contributed by atoms with Crippen LogP contribution in [0.15, 0.2) is 30.5 Å². The van der Waals surface area contributed by atoms with E-state index in [2.05, 4.69) is 4.98 Å². The van der Waals surface area contributed by atoms with Crippen molar-refractivity contribution in [3.63, 3.8) is 0 Å². The average Bonchev–Trinajstić information content (AvgIpc) is 2.16. The van der Waals surface area contributed by atoms with E-state index in [4.69, 9.17) is 4.74 Å². The summed E-state index contributed by atoms with van der Waals surface area (Å²) in [6.45, 7) is 0. The molecule has 2 rings (SSSR count). The number of pyridine rings is 1. The highest BCUT2D eigenvalue weighted by Crippen LogP contribution is 2.24. The Morgan fingerprint density at radius 1 is 1.38 bits per heavy atom. The summed E-state index contributed by atoms with van der Waals surface area (Å²) in [6.07, 6.45) is 1.66. The molecule has 1 aromatic carbocycles. The van der Waals surface area contributed by atoms with Gasteiger partial charge in [0.25, 0.3) is 0 Å². The van der Waals surface area contributed by atoms with Crippen LogP contribution in [0.3, 0.4) is 0 Å². The maximum absolute atomic E-state index is 13.0. The molecule has 0 saturated heterocycles. The van der Waals surface area contributed by atoms with Gasteiger partial charge < -0.3 is 4.74 Å². The molecule has 0 fully saturated rings. The molecule has 0 atom stereocenters. The minimum absolute atomic E-state index is 0.308. The van der Waals surface area contributed by atoms with Crippen molar-refractivity contribution < 1.29 is 9.13 Å². The van der Waals surface area contributed by atoms with Crippen molar-refractivity contribution in [1.82, 2.24) is 4.98 Å². The number of hydrogen-bond acceptors (Lipinski definition) is 2. The fourth-order valence-electron chi connectivity index (χ4n) is 1.28. The number of halogens is 1. The summed E-state index contributed by atoms with van der Waals surface area (Å²) >= 11 is 0. The molecule has 66 valence electrons. The van der Waals surface area contributed by atoms with Crippen LogP contribution in [0.25, 0.3) is 10.9 Å². The van der Waals surface area contributed by atoms with E-state index in [1.54, 1.807) is 18.3 Å². The number of aromatic nitrogens is 1. The number of hydrogen-bond donors (Lipinski definition) is 0. The predicted octanol–water partition coefficient (Wildman–Crippen LogP) is 2.38. The van der Waals surface area contributed by atoms with E-state index in [0.717, 1.165) is 5.39 Å².